The van der Waals surface area contributed by atoms with E-state index < -0.39 is 5.97 Å². The van der Waals surface area contributed by atoms with E-state index in [2.05, 4.69) is 11.1 Å². The minimum absolute atomic E-state index is 0.278. The van der Waals surface area contributed by atoms with E-state index in [1.165, 1.54) is 23.0 Å². The maximum Gasteiger partial charge on any atom is 0.308 e. The Hall–Kier alpha value is -1.69. The van der Waals surface area contributed by atoms with Crippen molar-refractivity contribution in [2.45, 2.75) is 52.0 Å². The smallest absolute Gasteiger partial charge is 0.308 e. The molecule has 2 rings (SSSR count). The van der Waals surface area contributed by atoms with Gasteiger partial charge in [0.05, 0.1) is 6.42 Å². The zero-order valence-corrected chi connectivity index (χ0v) is 13.0. The summed E-state index contributed by atoms with van der Waals surface area (Å²) in [6.07, 6.45) is 7.39. The summed E-state index contributed by atoms with van der Waals surface area (Å²) in [7, 11) is 0. The van der Waals surface area contributed by atoms with E-state index in [0.29, 0.717) is 17.0 Å². The molecule has 1 aromatic rings. The summed E-state index contributed by atoms with van der Waals surface area (Å²) >= 11 is 5.21. The number of H-pyrrole nitrogens is 1. The molecule has 21 heavy (non-hydrogen) atoms. The maximum atomic E-state index is 12.4. The Morgan fingerprint density at radius 2 is 2.24 bits per heavy atom. The van der Waals surface area contributed by atoms with Gasteiger partial charge in [-0.3, -0.25) is 14.2 Å². The van der Waals surface area contributed by atoms with Crippen LogP contribution >= 0.6 is 12.2 Å². The van der Waals surface area contributed by atoms with E-state index in [-0.39, 0.29) is 17.5 Å². The molecule has 0 unspecified atom stereocenters. The van der Waals surface area contributed by atoms with Crippen molar-refractivity contribution in [1.29, 1.82) is 0 Å². The summed E-state index contributed by atoms with van der Waals surface area (Å²) in [5, 5.41) is 8.91. The molecule has 1 aromatic heterocycles. The first-order valence-electron chi connectivity index (χ1n) is 7.21. The predicted octanol–water partition coefficient (Wildman–Crippen LogP) is 2.73. The molecule has 114 valence electrons. The van der Waals surface area contributed by atoms with E-state index in [9.17, 15) is 9.59 Å². The molecule has 2 N–H and O–H groups in total. The van der Waals surface area contributed by atoms with Crippen molar-refractivity contribution in [2.24, 2.45) is 0 Å². The highest BCUT2D eigenvalue weighted by molar-refractivity contribution is 7.71. The monoisotopic (exact) mass is 308 g/mol. The highest BCUT2D eigenvalue weighted by atomic mass is 32.1. The molecule has 0 aromatic carbocycles. The number of aromatic amines is 1. The number of allylic oxidation sites excluding steroid dienone is 2. The maximum absolute atomic E-state index is 12.4. The zero-order chi connectivity index (χ0) is 15.4. The quantitative estimate of drug-likeness (QED) is 0.648. The Balaban J connectivity index is 2.26. The fraction of sp³-hybridized carbons (Fsp3) is 0.533. The summed E-state index contributed by atoms with van der Waals surface area (Å²) in [5.74, 6) is -1.01. The molecule has 0 radical (unpaired) electrons. The topological polar surface area (TPSA) is 75.1 Å². The van der Waals surface area contributed by atoms with Crippen LogP contribution in [-0.4, -0.2) is 20.6 Å². The Kier molecular flexibility index (Phi) is 5.12. The molecule has 0 aliphatic heterocycles. The lowest BCUT2D eigenvalue weighted by Crippen LogP contribution is -2.28. The van der Waals surface area contributed by atoms with E-state index >= 15 is 0 Å². The van der Waals surface area contributed by atoms with Crippen molar-refractivity contribution in [2.75, 3.05) is 0 Å². The average molecular weight is 308 g/mol. The first kappa shape index (κ1) is 15.7. The SMILES string of the molecule is Cc1[nH]c(=S)n(CCC2=CCCCC2)c(=O)c1CC(=O)O. The third-order valence-electron chi connectivity index (χ3n) is 3.87. The number of carboxylic acid groups (broad SMARTS) is 1. The number of hydrogen-bond donors (Lipinski definition) is 2. The fourth-order valence-corrected chi connectivity index (χ4v) is 3.00. The number of aliphatic carboxylic acids is 1. The van der Waals surface area contributed by atoms with Gasteiger partial charge in [-0.05, 0) is 51.2 Å². The molecule has 0 atom stereocenters. The van der Waals surface area contributed by atoms with Crippen molar-refractivity contribution >= 4 is 18.2 Å². The molecule has 5 nitrogen and oxygen atoms in total. The van der Waals surface area contributed by atoms with Crippen LogP contribution in [0.5, 0.6) is 0 Å². The number of carboxylic acids is 1. The molecule has 1 aliphatic carbocycles. The molecular formula is C15H20N2O3S. The van der Waals surface area contributed by atoms with Crippen LogP contribution in [0, 0.1) is 11.7 Å². The molecule has 0 saturated carbocycles. The Morgan fingerprint density at radius 3 is 2.86 bits per heavy atom. The van der Waals surface area contributed by atoms with Crippen LogP contribution in [0.1, 0.15) is 43.4 Å². The van der Waals surface area contributed by atoms with Crippen LogP contribution in [0.2, 0.25) is 0 Å². The number of rotatable bonds is 5. The first-order chi connectivity index (χ1) is 9.99. The van der Waals surface area contributed by atoms with Crippen molar-refractivity contribution in [3.8, 4) is 0 Å². The van der Waals surface area contributed by atoms with Crippen LogP contribution in [0.25, 0.3) is 0 Å². The van der Waals surface area contributed by atoms with E-state index in [0.717, 1.165) is 19.3 Å². The minimum atomic E-state index is -1.01. The number of aromatic nitrogens is 2. The lowest BCUT2D eigenvalue weighted by molar-refractivity contribution is -0.136. The minimum Gasteiger partial charge on any atom is -0.481 e. The van der Waals surface area contributed by atoms with Gasteiger partial charge in [0, 0.05) is 17.8 Å². The molecule has 1 aliphatic rings. The number of hydrogen-bond acceptors (Lipinski definition) is 3. The molecule has 1 heterocycles. The highest BCUT2D eigenvalue weighted by Crippen LogP contribution is 2.20. The fourth-order valence-electron chi connectivity index (χ4n) is 2.67. The lowest BCUT2D eigenvalue weighted by atomic mass is 9.97. The van der Waals surface area contributed by atoms with Gasteiger partial charge < -0.3 is 10.1 Å². The van der Waals surface area contributed by atoms with Crippen LogP contribution in [0.4, 0.5) is 0 Å². The molecule has 0 fully saturated rings. The second kappa shape index (κ2) is 6.85. The average Bonchev–Trinajstić information content (AvgIpc) is 2.44. The van der Waals surface area contributed by atoms with Crippen molar-refractivity contribution in [3.05, 3.63) is 38.0 Å². The molecule has 0 spiro atoms. The summed E-state index contributed by atoms with van der Waals surface area (Å²) < 4.78 is 1.85. The van der Waals surface area contributed by atoms with Crippen LogP contribution < -0.4 is 5.56 Å². The normalized spacial score (nSPS) is 14.8. The number of nitrogens with one attached hydrogen (secondary N) is 1. The van der Waals surface area contributed by atoms with Gasteiger partial charge in [0.15, 0.2) is 4.77 Å². The number of aryl methyl sites for hydroxylation is 1. The summed E-state index contributed by atoms with van der Waals surface area (Å²) in [5.41, 5.74) is 1.91. The predicted molar refractivity (Wildman–Crippen MR) is 83.1 cm³/mol. The molecule has 0 amide bonds. The number of carbonyl (C=O) groups is 1. The van der Waals surface area contributed by atoms with Gasteiger partial charge in [0.25, 0.3) is 5.56 Å². The molecule has 0 bridgehead atoms. The third-order valence-corrected chi connectivity index (χ3v) is 4.19. The van der Waals surface area contributed by atoms with Crippen LogP contribution in [0.3, 0.4) is 0 Å². The molecule has 6 heteroatoms. The summed E-state index contributed by atoms with van der Waals surface area (Å²) in [6.45, 7) is 2.19. The Labute approximate surface area is 128 Å². The van der Waals surface area contributed by atoms with E-state index in [4.69, 9.17) is 17.3 Å². The second-order valence-electron chi connectivity index (χ2n) is 5.42. The standard InChI is InChI=1S/C15H20N2O3S/c1-10-12(9-13(18)19)14(20)17(15(21)16-10)8-7-11-5-3-2-4-6-11/h5H,2-4,6-9H2,1H3,(H,16,21)(H,18,19). The largest absolute Gasteiger partial charge is 0.481 e. The van der Waals surface area contributed by atoms with Gasteiger partial charge in [0.1, 0.15) is 0 Å². The summed E-state index contributed by atoms with van der Waals surface area (Å²) in [4.78, 5) is 26.2. The Bertz CT molecular complexity index is 685. The van der Waals surface area contributed by atoms with Gasteiger partial charge in [-0.1, -0.05) is 11.6 Å². The van der Waals surface area contributed by atoms with Gasteiger partial charge in [-0.2, -0.15) is 0 Å². The van der Waals surface area contributed by atoms with Gasteiger partial charge >= 0.3 is 5.97 Å². The number of nitrogens with zero attached hydrogens (tertiary/aromatic N) is 1. The molecule has 0 saturated heterocycles. The zero-order valence-electron chi connectivity index (χ0n) is 12.1. The summed E-state index contributed by atoms with van der Waals surface area (Å²) in [6, 6.07) is 0. The van der Waals surface area contributed by atoms with Crippen LogP contribution in [0.15, 0.2) is 16.4 Å². The van der Waals surface area contributed by atoms with Gasteiger partial charge in [-0.15, -0.1) is 0 Å². The van der Waals surface area contributed by atoms with E-state index in [1.54, 1.807) is 6.92 Å². The van der Waals surface area contributed by atoms with Crippen molar-refractivity contribution in [3.63, 3.8) is 0 Å². The van der Waals surface area contributed by atoms with Gasteiger partial charge in [-0.25, -0.2) is 0 Å². The highest BCUT2D eigenvalue weighted by Gasteiger charge is 2.13. The van der Waals surface area contributed by atoms with Gasteiger partial charge in [0.2, 0.25) is 0 Å². The Morgan fingerprint density at radius 1 is 1.48 bits per heavy atom. The lowest BCUT2D eigenvalue weighted by Gasteiger charge is -2.14. The third kappa shape index (κ3) is 3.91. The van der Waals surface area contributed by atoms with Crippen LogP contribution in [-0.2, 0) is 17.8 Å². The first-order valence-corrected chi connectivity index (χ1v) is 7.62. The van der Waals surface area contributed by atoms with E-state index in [1.807, 2.05) is 0 Å². The molecular weight excluding hydrogens is 288 g/mol. The van der Waals surface area contributed by atoms with Crippen molar-refractivity contribution < 1.29 is 9.90 Å². The van der Waals surface area contributed by atoms with Crippen molar-refractivity contribution in [1.82, 2.24) is 9.55 Å². The second-order valence-corrected chi connectivity index (χ2v) is 5.81.